The van der Waals surface area contributed by atoms with E-state index >= 15 is 0 Å². The summed E-state index contributed by atoms with van der Waals surface area (Å²) >= 11 is 0. The van der Waals surface area contributed by atoms with Crippen LogP contribution in [0.1, 0.15) is 47.7 Å². The average molecular weight is 407 g/mol. The van der Waals surface area contributed by atoms with E-state index in [9.17, 15) is 13.2 Å². The summed E-state index contributed by atoms with van der Waals surface area (Å²) in [6.07, 6.45) is 1.09. The molecule has 2 aliphatic rings. The lowest BCUT2D eigenvalue weighted by Gasteiger charge is -2.14. The zero-order valence-corrected chi connectivity index (χ0v) is 16.5. The van der Waals surface area contributed by atoms with Crippen molar-refractivity contribution in [3.8, 4) is 11.5 Å². The normalized spacial score (nSPS) is 17.6. The highest BCUT2D eigenvalue weighted by molar-refractivity contribution is 7.89. The second-order valence-electron chi connectivity index (χ2n) is 6.80. The van der Waals surface area contributed by atoms with Gasteiger partial charge in [-0.3, -0.25) is 0 Å². The first-order valence-corrected chi connectivity index (χ1v) is 10.5. The maximum Gasteiger partial charge on any atom is 0.374 e. The molecule has 0 bridgehead atoms. The summed E-state index contributed by atoms with van der Waals surface area (Å²) < 4.78 is 48.3. The summed E-state index contributed by atoms with van der Waals surface area (Å²) in [4.78, 5) is 12.5. The van der Waals surface area contributed by atoms with Crippen molar-refractivity contribution >= 4 is 16.0 Å². The molecule has 0 unspecified atom stereocenters. The molecule has 1 aromatic heterocycles. The van der Waals surface area contributed by atoms with Gasteiger partial charge in [-0.15, -0.1) is 0 Å². The average Bonchev–Trinajstić information content (AvgIpc) is 3.41. The van der Waals surface area contributed by atoms with Gasteiger partial charge >= 0.3 is 5.97 Å². The summed E-state index contributed by atoms with van der Waals surface area (Å²) in [7, 11) is -3.67. The van der Waals surface area contributed by atoms with Gasteiger partial charge in [0, 0.05) is 19.2 Å². The van der Waals surface area contributed by atoms with Crippen molar-refractivity contribution in [3.05, 3.63) is 41.3 Å². The maximum atomic E-state index is 12.7. The number of sulfonamides is 1. The highest BCUT2D eigenvalue weighted by Crippen LogP contribution is 2.35. The predicted octanol–water partition coefficient (Wildman–Crippen LogP) is 3.02. The number of fused-ring (bicyclic) bond motifs is 1. The maximum absolute atomic E-state index is 12.7. The summed E-state index contributed by atoms with van der Waals surface area (Å²) in [5.41, 5.74) is 0.728. The Bertz CT molecular complexity index is 1010. The van der Waals surface area contributed by atoms with Crippen LogP contribution in [-0.2, 0) is 14.8 Å². The Labute approximate surface area is 163 Å². The van der Waals surface area contributed by atoms with E-state index in [1.807, 2.05) is 0 Å². The monoisotopic (exact) mass is 407 g/mol. The van der Waals surface area contributed by atoms with Crippen molar-refractivity contribution in [1.82, 2.24) is 4.31 Å². The largest absolute Gasteiger partial charge is 0.454 e. The van der Waals surface area contributed by atoms with Crippen molar-refractivity contribution in [3.63, 3.8) is 0 Å². The molecule has 1 atom stereocenters. The number of carbonyl (C=O) groups excluding carboxylic acids is 1. The van der Waals surface area contributed by atoms with Crippen LogP contribution in [0.15, 0.2) is 33.6 Å². The fourth-order valence-electron chi connectivity index (χ4n) is 3.34. The molecule has 0 spiro atoms. The first kappa shape index (κ1) is 18.8. The van der Waals surface area contributed by atoms with Gasteiger partial charge in [-0.05, 0) is 44.4 Å². The van der Waals surface area contributed by atoms with Gasteiger partial charge in [-0.25, -0.2) is 13.2 Å². The zero-order chi connectivity index (χ0) is 19.9. The number of esters is 1. The lowest BCUT2D eigenvalue weighted by molar-refractivity contribution is 0.0299. The number of hydrogen-bond donors (Lipinski definition) is 0. The third-order valence-corrected chi connectivity index (χ3v) is 6.91. The molecule has 8 nitrogen and oxygen atoms in total. The minimum absolute atomic E-state index is 0.0112. The molecule has 0 N–H and O–H groups in total. The standard InChI is InChI=1S/C19H21NO7S/c1-12(14-5-6-15-16(9-14)25-11-24-15)27-19(21)17-10-18(13(2)26-17)28(22,23)20-7-3-4-8-20/h5-6,9-10,12H,3-4,7-8,11H2,1-2H3/t12-/m0/s1. The van der Waals surface area contributed by atoms with Crippen LogP contribution in [0.4, 0.5) is 0 Å². The molecule has 2 aromatic rings. The van der Waals surface area contributed by atoms with Crippen molar-refractivity contribution < 1.29 is 31.8 Å². The van der Waals surface area contributed by atoms with E-state index in [0.29, 0.717) is 24.6 Å². The van der Waals surface area contributed by atoms with Crippen LogP contribution >= 0.6 is 0 Å². The van der Waals surface area contributed by atoms with E-state index in [-0.39, 0.29) is 23.2 Å². The minimum Gasteiger partial charge on any atom is -0.454 e. The number of hydrogen-bond acceptors (Lipinski definition) is 7. The molecular weight excluding hydrogens is 386 g/mol. The van der Waals surface area contributed by atoms with Gasteiger partial charge in [-0.2, -0.15) is 4.31 Å². The second-order valence-corrected chi connectivity index (χ2v) is 8.71. The molecule has 1 saturated heterocycles. The van der Waals surface area contributed by atoms with Crippen LogP contribution in [0, 0.1) is 6.92 Å². The number of rotatable bonds is 5. The highest BCUT2D eigenvalue weighted by Gasteiger charge is 2.32. The third kappa shape index (κ3) is 3.35. The van der Waals surface area contributed by atoms with Gasteiger partial charge in [0.05, 0.1) is 0 Å². The first-order valence-electron chi connectivity index (χ1n) is 9.07. The summed E-state index contributed by atoms with van der Waals surface area (Å²) in [6, 6.07) is 6.52. The summed E-state index contributed by atoms with van der Waals surface area (Å²) in [5.74, 6) is 0.544. The minimum atomic E-state index is -3.67. The van der Waals surface area contributed by atoms with Crippen molar-refractivity contribution in [2.45, 2.75) is 37.7 Å². The van der Waals surface area contributed by atoms with Gasteiger partial charge in [0.25, 0.3) is 0 Å². The van der Waals surface area contributed by atoms with Gasteiger partial charge in [0.15, 0.2) is 11.5 Å². The van der Waals surface area contributed by atoms with E-state index in [0.717, 1.165) is 18.4 Å². The molecule has 0 amide bonds. The zero-order valence-electron chi connectivity index (χ0n) is 15.6. The van der Waals surface area contributed by atoms with Gasteiger partial charge in [0.2, 0.25) is 22.6 Å². The number of nitrogens with zero attached hydrogens (tertiary/aromatic N) is 1. The van der Waals surface area contributed by atoms with Crippen LogP contribution in [0.5, 0.6) is 11.5 Å². The Morgan fingerprint density at radius 3 is 2.61 bits per heavy atom. The first-order chi connectivity index (χ1) is 13.4. The van der Waals surface area contributed by atoms with Gasteiger partial charge in [-0.1, -0.05) is 6.07 Å². The Balaban J connectivity index is 1.51. The van der Waals surface area contributed by atoms with E-state index in [1.165, 1.54) is 17.3 Å². The predicted molar refractivity (Wildman–Crippen MR) is 97.8 cm³/mol. The molecule has 0 radical (unpaired) electrons. The number of benzene rings is 1. The molecule has 9 heteroatoms. The number of aryl methyl sites for hydroxylation is 1. The van der Waals surface area contributed by atoms with Crippen LogP contribution in [0.2, 0.25) is 0 Å². The molecule has 3 heterocycles. The Morgan fingerprint density at radius 1 is 1.14 bits per heavy atom. The number of carbonyl (C=O) groups is 1. The lowest BCUT2D eigenvalue weighted by Crippen LogP contribution is -2.28. The Hall–Kier alpha value is -2.52. The summed E-state index contributed by atoms with van der Waals surface area (Å²) in [6.45, 7) is 4.36. The van der Waals surface area contributed by atoms with E-state index in [4.69, 9.17) is 18.6 Å². The van der Waals surface area contributed by atoms with Crippen LogP contribution in [-0.4, -0.2) is 38.6 Å². The molecule has 1 aromatic carbocycles. The van der Waals surface area contributed by atoms with Crippen molar-refractivity contribution in [2.75, 3.05) is 19.9 Å². The lowest BCUT2D eigenvalue weighted by atomic mass is 10.1. The van der Waals surface area contributed by atoms with Crippen molar-refractivity contribution in [1.29, 1.82) is 0 Å². The molecular formula is C19H21NO7S. The smallest absolute Gasteiger partial charge is 0.374 e. The molecule has 1 fully saturated rings. The Kier molecular flexibility index (Phi) is 4.80. The molecule has 0 aliphatic carbocycles. The molecule has 2 aliphatic heterocycles. The SMILES string of the molecule is Cc1oc(C(=O)O[C@@H](C)c2ccc3c(c2)OCO3)cc1S(=O)(=O)N1CCCC1. The van der Waals surface area contributed by atoms with E-state index in [1.54, 1.807) is 25.1 Å². The Morgan fingerprint density at radius 2 is 1.86 bits per heavy atom. The van der Waals surface area contributed by atoms with Gasteiger partial charge in [0.1, 0.15) is 16.8 Å². The molecule has 150 valence electrons. The quantitative estimate of drug-likeness (QED) is 0.703. The molecule has 28 heavy (non-hydrogen) atoms. The number of furan rings is 1. The molecule has 0 saturated carbocycles. The van der Waals surface area contributed by atoms with Crippen LogP contribution in [0.25, 0.3) is 0 Å². The molecule has 4 rings (SSSR count). The highest BCUT2D eigenvalue weighted by atomic mass is 32.2. The van der Waals surface area contributed by atoms with Crippen molar-refractivity contribution in [2.24, 2.45) is 0 Å². The topological polar surface area (TPSA) is 95.3 Å². The fraction of sp³-hybridized carbons (Fsp3) is 0.421. The summed E-state index contributed by atoms with van der Waals surface area (Å²) in [5, 5.41) is 0. The number of ether oxygens (including phenoxy) is 3. The van der Waals surface area contributed by atoms with Crippen LogP contribution in [0.3, 0.4) is 0 Å². The van der Waals surface area contributed by atoms with E-state index < -0.39 is 22.1 Å². The fourth-order valence-corrected chi connectivity index (χ4v) is 5.02. The van der Waals surface area contributed by atoms with Gasteiger partial charge < -0.3 is 18.6 Å². The second kappa shape index (κ2) is 7.14. The third-order valence-electron chi connectivity index (χ3n) is 4.91. The van der Waals surface area contributed by atoms with E-state index in [2.05, 4.69) is 0 Å². The van der Waals surface area contributed by atoms with Crippen LogP contribution < -0.4 is 9.47 Å².